The van der Waals surface area contributed by atoms with E-state index in [1.807, 2.05) is 32.9 Å². The summed E-state index contributed by atoms with van der Waals surface area (Å²) in [5.41, 5.74) is 0.861. The Bertz CT molecular complexity index is 360. The minimum Gasteiger partial charge on any atom is -0.591 e. The normalized spacial score (nSPS) is 14.5. The Morgan fingerprint density at radius 1 is 1.40 bits per heavy atom. The first-order valence-corrected chi connectivity index (χ1v) is 6.10. The molecule has 0 fully saturated rings. The fourth-order valence-corrected chi connectivity index (χ4v) is 1.59. The van der Waals surface area contributed by atoms with Crippen LogP contribution in [0.2, 0.25) is 5.02 Å². The van der Waals surface area contributed by atoms with Crippen LogP contribution in [0.15, 0.2) is 28.7 Å². The lowest BCUT2D eigenvalue weighted by atomic mass is 10.2. The maximum absolute atomic E-state index is 11.6. The Morgan fingerprint density at radius 3 is 2.60 bits per heavy atom. The molecule has 0 saturated carbocycles. The molecule has 0 N–H and O–H groups in total. The predicted octanol–water partition coefficient (Wildman–Crippen LogP) is 3.22. The van der Waals surface area contributed by atoms with Crippen LogP contribution in [0.5, 0.6) is 0 Å². The molecule has 1 aromatic carbocycles. The van der Waals surface area contributed by atoms with E-state index in [9.17, 15) is 4.55 Å². The lowest BCUT2D eigenvalue weighted by Crippen LogP contribution is -2.25. The number of halogens is 1. The van der Waals surface area contributed by atoms with Gasteiger partial charge in [-0.25, -0.2) is 0 Å². The molecule has 0 heterocycles. The van der Waals surface area contributed by atoms with Gasteiger partial charge in [0.15, 0.2) is 0 Å². The third-order valence-electron chi connectivity index (χ3n) is 1.67. The van der Waals surface area contributed by atoms with Gasteiger partial charge in [-0.05, 0) is 38.5 Å². The van der Waals surface area contributed by atoms with Gasteiger partial charge in [-0.15, -0.1) is 0 Å². The first-order valence-electron chi connectivity index (χ1n) is 4.61. The van der Waals surface area contributed by atoms with E-state index in [0.29, 0.717) is 5.02 Å². The maximum Gasteiger partial charge on any atom is 0.144 e. The van der Waals surface area contributed by atoms with Crippen LogP contribution in [0.3, 0.4) is 0 Å². The third-order valence-corrected chi connectivity index (χ3v) is 3.25. The molecule has 0 bridgehead atoms. The fourth-order valence-electron chi connectivity index (χ4n) is 0.854. The summed E-state index contributed by atoms with van der Waals surface area (Å²) in [6.45, 7) is 5.66. The molecule has 0 saturated heterocycles. The van der Waals surface area contributed by atoms with Crippen LogP contribution in [0.4, 0.5) is 0 Å². The van der Waals surface area contributed by atoms with E-state index in [0.717, 1.165) is 5.56 Å². The van der Waals surface area contributed by atoms with Gasteiger partial charge in [0.2, 0.25) is 0 Å². The van der Waals surface area contributed by atoms with Gasteiger partial charge < -0.3 is 4.55 Å². The Balaban J connectivity index is 2.74. The molecule has 0 amide bonds. The second-order valence-corrected chi connectivity index (χ2v) is 6.52. The summed E-state index contributed by atoms with van der Waals surface area (Å²) in [6.07, 6.45) is 1.59. The van der Waals surface area contributed by atoms with E-state index >= 15 is 0 Å². The van der Waals surface area contributed by atoms with Crippen molar-refractivity contribution in [2.75, 3.05) is 0 Å². The van der Waals surface area contributed by atoms with E-state index in [1.54, 1.807) is 18.3 Å². The zero-order chi connectivity index (χ0) is 11.5. The van der Waals surface area contributed by atoms with Crippen molar-refractivity contribution in [3.05, 3.63) is 34.9 Å². The molecule has 0 aliphatic carbocycles. The lowest BCUT2D eigenvalue weighted by Gasteiger charge is -2.17. The van der Waals surface area contributed by atoms with Crippen molar-refractivity contribution in [2.45, 2.75) is 25.5 Å². The van der Waals surface area contributed by atoms with Crippen molar-refractivity contribution in [3.63, 3.8) is 0 Å². The molecule has 82 valence electrons. The summed E-state index contributed by atoms with van der Waals surface area (Å²) in [7, 11) is 0. The number of rotatable bonds is 2. The molecular formula is C11H14ClNOS. The lowest BCUT2D eigenvalue weighted by molar-refractivity contribution is 0.562. The second-order valence-electron chi connectivity index (χ2n) is 4.15. The first-order chi connectivity index (χ1) is 6.89. The van der Waals surface area contributed by atoms with Crippen LogP contribution in [-0.2, 0) is 11.4 Å². The first kappa shape index (κ1) is 12.6. The topological polar surface area (TPSA) is 35.4 Å². The minimum atomic E-state index is -1.22. The molecular weight excluding hydrogens is 230 g/mol. The monoisotopic (exact) mass is 243 g/mol. The highest BCUT2D eigenvalue weighted by molar-refractivity contribution is 7.91. The molecule has 4 heteroatoms. The van der Waals surface area contributed by atoms with Crippen molar-refractivity contribution in [3.8, 4) is 0 Å². The van der Waals surface area contributed by atoms with E-state index in [2.05, 4.69) is 4.40 Å². The molecule has 0 aliphatic rings. The molecule has 1 unspecified atom stereocenters. The summed E-state index contributed by atoms with van der Waals surface area (Å²) in [6, 6.07) is 7.28. The molecule has 0 spiro atoms. The molecule has 1 atom stereocenters. The van der Waals surface area contributed by atoms with Crippen LogP contribution in [0.25, 0.3) is 0 Å². The third kappa shape index (κ3) is 4.24. The maximum atomic E-state index is 11.6. The van der Waals surface area contributed by atoms with Crippen LogP contribution < -0.4 is 0 Å². The van der Waals surface area contributed by atoms with Crippen molar-refractivity contribution in [2.24, 2.45) is 4.40 Å². The number of hydrogen-bond donors (Lipinski definition) is 0. The summed E-state index contributed by atoms with van der Waals surface area (Å²) in [5, 5.41) is 0.653. The zero-order valence-corrected chi connectivity index (χ0v) is 10.6. The van der Waals surface area contributed by atoms with Gasteiger partial charge in [-0.2, -0.15) is 0 Å². The van der Waals surface area contributed by atoms with Crippen LogP contribution in [0.1, 0.15) is 26.3 Å². The fraction of sp³-hybridized carbons (Fsp3) is 0.364. The Labute approximate surface area is 98.7 Å². The van der Waals surface area contributed by atoms with Gasteiger partial charge in [-0.1, -0.05) is 28.1 Å². The number of nitrogens with zero attached hydrogens (tertiary/aromatic N) is 1. The van der Waals surface area contributed by atoms with Gasteiger partial charge in [0.05, 0.1) is 6.21 Å². The average molecular weight is 244 g/mol. The highest BCUT2D eigenvalue weighted by Gasteiger charge is 2.25. The molecule has 1 rings (SSSR count). The number of benzene rings is 1. The highest BCUT2D eigenvalue weighted by Crippen LogP contribution is 2.17. The van der Waals surface area contributed by atoms with E-state index in [1.165, 1.54) is 0 Å². The zero-order valence-electron chi connectivity index (χ0n) is 9.03. The van der Waals surface area contributed by atoms with Gasteiger partial charge in [0.25, 0.3) is 0 Å². The molecule has 1 aromatic rings. The Kier molecular flexibility index (Phi) is 4.20. The second kappa shape index (κ2) is 5.01. The quantitative estimate of drug-likeness (QED) is 0.580. The van der Waals surface area contributed by atoms with Crippen molar-refractivity contribution in [1.82, 2.24) is 0 Å². The van der Waals surface area contributed by atoms with Crippen molar-refractivity contribution >= 4 is 29.2 Å². The highest BCUT2D eigenvalue weighted by atomic mass is 35.5. The van der Waals surface area contributed by atoms with E-state index in [4.69, 9.17) is 11.6 Å². The van der Waals surface area contributed by atoms with E-state index < -0.39 is 11.4 Å². The van der Waals surface area contributed by atoms with Crippen molar-refractivity contribution < 1.29 is 4.55 Å². The van der Waals surface area contributed by atoms with Gasteiger partial charge in [0.1, 0.15) is 16.1 Å². The molecule has 0 radical (unpaired) electrons. The van der Waals surface area contributed by atoms with E-state index in [-0.39, 0.29) is 4.75 Å². The van der Waals surface area contributed by atoms with Crippen LogP contribution in [-0.4, -0.2) is 15.5 Å². The number of hydrogen-bond acceptors (Lipinski definition) is 2. The Hall–Kier alpha value is -0.510. The van der Waals surface area contributed by atoms with Crippen LogP contribution in [0, 0.1) is 0 Å². The summed E-state index contributed by atoms with van der Waals surface area (Å²) in [4.78, 5) is 0. The average Bonchev–Trinajstić information content (AvgIpc) is 2.12. The SMILES string of the molecule is CC(C)(C)[S+]([O-])N=Cc1cccc(Cl)c1. The largest absolute Gasteiger partial charge is 0.591 e. The van der Waals surface area contributed by atoms with Gasteiger partial charge >= 0.3 is 0 Å². The molecule has 2 nitrogen and oxygen atoms in total. The predicted molar refractivity (Wildman–Crippen MR) is 66.9 cm³/mol. The summed E-state index contributed by atoms with van der Waals surface area (Å²) in [5.74, 6) is 0. The Morgan fingerprint density at radius 2 is 2.07 bits per heavy atom. The van der Waals surface area contributed by atoms with Gasteiger partial charge in [0, 0.05) is 5.02 Å². The summed E-state index contributed by atoms with van der Waals surface area (Å²) < 4.78 is 15.3. The molecule has 0 aromatic heterocycles. The van der Waals surface area contributed by atoms with Gasteiger partial charge in [-0.3, -0.25) is 0 Å². The molecule has 15 heavy (non-hydrogen) atoms. The molecule has 0 aliphatic heterocycles. The standard InChI is InChI=1S/C11H14ClNOS/c1-11(2,3)15(14)13-8-9-5-4-6-10(12)7-9/h4-8H,1-3H3. The minimum absolute atomic E-state index is 0.324. The van der Waals surface area contributed by atoms with Crippen molar-refractivity contribution in [1.29, 1.82) is 0 Å². The smallest absolute Gasteiger partial charge is 0.144 e. The summed E-state index contributed by atoms with van der Waals surface area (Å²) >= 11 is 4.59. The van der Waals surface area contributed by atoms with Crippen LogP contribution >= 0.6 is 11.6 Å².